The van der Waals surface area contributed by atoms with Gasteiger partial charge in [0.1, 0.15) is 12.1 Å². The predicted molar refractivity (Wildman–Crippen MR) is 83.1 cm³/mol. The lowest BCUT2D eigenvalue weighted by atomic mass is 9.99. The number of benzene rings is 2. The van der Waals surface area contributed by atoms with Gasteiger partial charge in [-0.05, 0) is 18.2 Å². The highest BCUT2D eigenvalue weighted by Crippen LogP contribution is 2.48. The summed E-state index contributed by atoms with van der Waals surface area (Å²) in [6.45, 7) is 0. The van der Waals surface area contributed by atoms with Crippen LogP contribution in [0.2, 0.25) is 0 Å². The number of rotatable bonds is 1. The molecule has 0 fully saturated rings. The average Bonchev–Trinajstić information content (AvgIpc) is 2.73. The van der Waals surface area contributed by atoms with E-state index in [1.165, 1.54) is 12.1 Å². The number of halogens is 2. The number of hydrogen-bond acceptors (Lipinski definition) is 3. The van der Waals surface area contributed by atoms with Crippen molar-refractivity contribution in [2.24, 2.45) is 0 Å². The summed E-state index contributed by atoms with van der Waals surface area (Å²) < 4.78 is -0.968. The Hall–Kier alpha value is -2.53. The van der Waals surface area contributed by atoms with Gasteiger partial charge in [-0.1, -0.05) is 41.4 Å². The molecule has 6 heteroatoms. The molecule has 3 rings (SSSR count). The summed E-state index contributed by atoms with van der Waals surface area (Å²) in [4.78, 5) is 0. The zero-order valence-corrected chi connectivity index (χ0v) is 12.6. The molecule has 0 amide bonds. The van der Waals surface area contributed by atoms with Crippen LogP contribution in [0.25, 0.3) is 0 Å². The highest BCUT2D eigenvalue weighted by Gasteiger charge is 2.50. The summed E-state index contributed by atoms with van der Waals surface area (Å²) in [6, 6.07) is 15.3. The molecule has 1 aliphatic rings. The summed E-state index contributed by atoms with van der Waals surface area (Å²) in [7, 11) is 0. The topological polar surface area (TPSA) is 73.6 Å². The molecule has 4 nitrogen and oxygen atoms in total. The van der Waals surface area contributed by atoms with E-state index in [-0.39, 0.29) is 22.5 Å². The van der Waals surface area contributed by atoms with E-state index in [0.29, 0.717) is 15.9 Å². The molecular formula is C16H7Cl2N3O. The molecule has 1 aliphatic heterocycles. The van der Waals surface area contributed by atoms with Crippen molar-refractivity contribution in [3.63, 3.8) is 0 Å². The van der Waals surface area contributed by atoms with Crippen molar-refractivity contribution in [1.29, 1.82) is 10.5 Å². The molecule has 2 aromatic carbocycles. The highest BCUT2D eigenvalue weighted by atomic mass is 35.5. The molecule has 0 spiro atoms. The third-order valence-electron chi connectivity index (χ3n) is 3.48. The van der Waals surface area contributed by atoms with Crippen molar-refractivity contribution in [3.05, 3.63) is 69.9 Å². The quantitative estimate of drug-likeness (QED) is 0.455. The normalized spacial score (nSPS) is 15.1. The van der Waals surface area contributed by atoms with E-state index >= 15 is 0 Å². The third kappa shape index (κ3) is 1.94. The SMILES string of the molecule is N#Cc1cc2c(cc1C#N)C(Cl)(Cl)C(c1ccccc1)=[N+]2[O-]. The minimum Gasteiger partial charge on any atom is -0.618 e. The molecule has 1 heterocycles. The molecule has 0 saturated heterocycles. The molecule has 0 N–H and O–H groups in total. The fourth-order valence-electron chi connectivity index (χ4n) is 2.46. The summed E-state index contributed by atoms with van der Waals surface area (Å²) in [5.74, 6) is 0. The molecule has 106 valence electrons. The van der Waals surface area contributed by atoms with E-state index in [9.17, 15) is 5.21 Å². The second-order valence-electron chi connectivity index (χ2n) is 4.72. The summed E-state index contributed by atoms with van der Waals surface area (Å²) in [5.41, 5.74) is 1.47. The van der Waals surface area contributed by atoms with E-state index in [4.69, 9.17) is 33.7 Å². The van der Waals surface area contributed by atoms with Gasteiger partial charge in [0.2, 0.25) is 15.7 Å². The monoisotopic (exact) mass is 327 g/mol. The van der Waals surface area contributed by atoms with Crippen LogP contribution in [0.4, 0.5) is 5.69 Å². The number of alkyl halides is 2. The Morgan fingerprint density at radius 3 is 2.18 bits per heavy atom. The van der Waals surface area contributed by atoms with Gasteiger partial charge in [-0.25, -0.2) is 0 Å². The molecule has 22 heavy (non-hydrogen) atoms. The molecule has 0 bridgehead atoms. The first-order valence-corrected chi connectivity index (χ1v) is 7.03. The minimum absolute atomic E-state index is 0.112. The van der Waals surface area contributed by atoms with Crippen molar-refractivity contribution in [1.82, 2.24) is 0 Å². The van der Waals surface area contributed by atoms with Gasteiger partial charge in [0.25, 0.3) is 0 Å². The minimum atomic E-state index is -1.59. The molecule has 0 atom stereocenters. The second-order valence-corrected chi connectivity index (χ2v) is 6.05. The van der Waals surface area contributed by atoms with Crippen LogP contribution in [-0.4, -0.2) is 10.5 Å². The highest BCUT2D eigenvalue weighted by molar-refractivity contribution is 6.60. The smallest absolute Gasteiger partial charge is 0.241 e. The van der Waals surface area contributed by atoms with Crippen molar-refractivity contribution >= 4 is 34.6 Å². The van der Waals surface area contributed by atoms with Gasteiger partial charge < -0.3 is 5.21 Å². The zero-order valence-electron chi connectivity index (χ0n) is 11.0. The van der Waals surface area contributed by atoms with Crippen LogP contribution in [0.15, 0.2) is 42.5 Å². The first-order chi connectivity index (χ1) is 10.5. The fraction of sp³-hybridized carbons (Fsp3) is 0.0625. The number of hydrogen-bond donors (Lipinski definition) is 0. The van der Waals surface area contributed by atoms with Crippen LogP contribution in [0, 0.1) is 27.9 Å². The van der Waals surface area contributed by atoms with Gasteiger partial charge in [0, 0.05) is 11.6 Å². The first-order valence-electron chi connectivity index (χ1n) is 6.27. The third-order valence-corrected chi connectivity index (χ3v) is 4.25. The maximum Gasteiger partial charge on any atom is 0.241 e. The maximum atomic E-state index is 12.6. The fourth-order valence-corrected chi connectivity index (χ4v) is 3.14. The number of fused-ring (bicyclic) bond motifs is 1. The molecule has 0 saturated carbocycles. The lowest BCUT2D eigenvalue weighted by Gasteiger charge is -2.12. The largest absolute Gasteiger partial charge is 0.618 e. The molecule has 2 aromatic rings. The number of nitrogens with zero attached hydrogens (tertiary/aromatic N) is 3. The van der Waals surface area contributed by atoms with Crippen LogP contribution in [-0.2, 0) is 4.33 Å². The van der Waals surface area contributed by atoms with Crippen LogP contribution in [0.1, 0.15) is 22.3 Å². The number of nitriles is 2. The zero-order chi connectivity index (χ0) is 15.9. The molecular weight excluding hydrogens is 321 g/mol. The van der Waals surface area contributed by atoms with Gasteiger partial charge in [-0.15, -0.1) is 0 Å². The van der Waals surface area contributed by atoms with Crippen molar-refractivity contribution in [3.8, 4) is 12.1 Å². The summed E-state index contributed by atoms with van der Waals surface area (Å²) >= 11 is 12.8. The Balaban J connectivity index is 2.31. The van der Waals surface area contributed by atoms with Gasteiger partial charge >= 0.3 is 0 Å². The Labute approximate surface area is 136 Å². The summed E-state index contributed by atoms with van der Waals surface area (Å²) in [6.07, 6.45) is 0. The Kier molecular flexibility index (Phi) is 3.30. The van der Waals surface area contributed by atoms with Crippen LogP contribution in [0.3, 0.4) is 0 Å². The van der Waals surface area contributed by atoms with Gasteiger partial charge in [0.05, 0.1) is 16.7 Å². The standard InChI is InChI=1S/C16H7Cl2N3O/c17-16(18)13-6-11(8-19)12(9-20)7-14(13)21(22)15(16)10-4-2-1-3-5-10/h1-7H. The Bertz CT molecular complexity index is 890. The van der Waals surface area contributed by atoms with Crippen LogP contribution >= 0.6 is 23.2 Å². The van der Waals surface area contributed by atoms with Gasteiger partial charge in [-0.3, -0.25) is 0 Å². The van der Waals surface area contributed by atoms with Gasteiger partial charge in [-0.2, -0.15) is 15.3 Å². The van der Waals surface area contributed by atoms with E-state index < -0.39 is 4.33 Å². The Morgan fingerprint density at radius 1 is 1.00 bits per heavy atom. The summed E-state index contributed by atoms with van der Waals surface area (Å²) in [5, 5.41) is 30.8. The maximum absolute atomic E-state index is 12.6. The van der Waals surface area contributed by atoms with Crippen molar-refractivity contribution in [2.75, 3.05) is 0 Å². The van der Waals surface area contributed by atoms with E-state index in [2.05, 4.69) is 0 Å². The molecule has 0 unspecified atom stereocenters. The Morgan fingerprint density at radius 2 is 1.59 bits per heavy atom. The van der Waals surface area contributed by atoms with E-state index in [0.717, 1.165) is 0 Å². The average molecular weight is 328 g/mol. The predicted octanol–water partition coefficient (Wildman–Crippen LogP) is 3.71. The molecule has 0 aromatic heterocycles. The van der Waals surface area contributed by atoms with Crippen molar-refractivity contribution < 1.29 is 4.74 Å². The van der Waals surface area contributed by atoms with Gasteiger partial charge in [0.15, 0.2) is 0 Å². The van der Waals surface area contributed by atoms with Crippen molar-refractivity contribution in [2.45, 2.75) is 4.33 Å². The lowest BCUT2D eigenvalue weighted by molar-refractivity contribution is -0.356. The molecule has 0 aliphatic carbocycles. The molecule has 0 radical (unpaired) electrons. The van der Waals surface area contributed by atoms with Crippen LogP contribution in [0.5, 0.6) is 0 Å². The first kappa shape index (κ1) is 14.4. The van der Waals surface area contributed by atoms with E-state index in [1.807, 2.05) is 18.2 Å². The van der Waals surface area contributed by atoms with Crippen LogP contribution < -0.4 is 0 Å². The van der Waals surface area contributed by atoms with E-state index in [1.54, 1.807) is 24.3 Å². The lowest BCUT2D eigenvalue weighted by Crippen LogP contribution is -2.24. The second kappa shape index (κ2) is 5.03.